The van der Waals surface area contributed by atoms with E-state index < -0.39 is 0 Å². The summed E-state index contributed by atoms with van der Waals surface area (Å²) in [6.07, 6.45) is 1.97. The Kier molecular flexibility index (Phi) is 4.37. The zero-order valence-electron chi connectivity index (χ0n) is 12.3. The van der Waals surface area contributed by atoms with Gasteiger partial charge in [-0.2, -0.15) is 0 Å². The Labute approximate surface area is 120 Å². The summed E-state index contributed by atoms with van der Waals surface area (Å²) in [6.45, 7) is 4.81. The lowest BCUT2D eigenvalue weighted by Crippen LogP contribution is -2.42. The summed E-state index contributed by atoms with van der Waals surface area (Å²) >= 11 is 0. The van der Waals surface area contributed by atoms with Crippen LogP contribution in [0.25, 0.3) is 0 Å². The third-order valence-electron chi connectivity index (χ3n) is 3.49. The molecule has 0 aliphatic carbocycles. The lowest BCUT2D eigenvalue weighted by Gasteiger charge is -2.26. The average molecular weight is 277 g/mol. The van der Waals surface area contributed by atoms with Gasteiger partial charge in [-0.3, -0.25) is 4.79 Å². The van der Waals surface area contributed by atoms with Gasteiger partial charge in [0.1, 0.15) is 11.8 Å². The molecule has 0 spiro atoms. The molecule has 2 rings (SSSR count). The first-order valence-corrected chi connectivity index (χ1v) is 7.07. The first-order valence-electron chi connectivity index (χ1n) is 7.07. The van der Waals surface area contributed by atoms with E-state index in [2.05, 4.69) is 10.2 Å². The normalized spacial score (nSPS) is 18.4. The second-order valence-corrected chi connectivity index (χ2v) is 5.35. The molecule has 0 saturated carbocycles. The molecule has 1 aromatic carbocycles. The molecule has 1 amide bonds. The summed E-state index contributed by atoms with van der Waals surface area (Å²) in [7, 11) is 1.68. The van der Waals surface area contributed by atoms with Crippen LogP contribution in [-0.2, 0) is 4.79 Å². The van der Waals surface area contributed by atoms with Crippen LogP contribution in [0.3, 0.4) is 0 Å². The van der Waals surface area contributed by atoms with Crippen molar-refractivity contribution in [2.75, 3.05) is 24.2 Å². The minimum atomic E-state index is -0.101. The van der Waals surface area contributed by atoms with E-state index in [0.29, 0.717) is 11.4 Å². The van der Waals surface area contributed by atoms with Crippen molar-refractivity contribution in [3.63, 3.8) is 0 Å². The van der Waals surface area contributed by atoms with Crippen LogP contribution in [0.2, 0.25) is 0 Å². The van der Waals surface area contributed by atoms with Gasteiger partial charge in [-0.25, -0.2) is 0 Å². The molecule has 1 fully saturated rings. The maximum atomic E-state index is 11.9. The van der Waals surface area contributed by atoms with Crippen LogP contribution < -0.4 is 20.7 Å². The number of hydrogen-bond acceptors (Lipinski definition) is 4. The Morgan fingerprint density at radius 3 is 2.90 bits per heavy atom. The van der Waals surface area contributed by atoms with E-state index in [-0.39, 0.29) is 18.1 Å². The molecular weight excluding hydrogens is 254 g/mol. The van der Waals surface area contributed by atoms with Gasteiger partial charge in [0.2, 0.25) is 5.91 Å². The van der Waals surface area contributed by atoms with E-state index in [9.17, 15) is 4.79 Å². The smallest absolute Gasteiger partial charge is 0.242 e. The van der Waals surface area contributed by atoms with Crippen molar-refractivity contribution in [3.05, 3.63) is 18.2 Å². The molecule has 1 aromatic rings. The van der Waals surface area contributed by atoms with E-state index in [0.717, 1.165) is 25.1 Å². The molecule has 20 heavy (non-hydrogen) atoms. The van der Waals surface area contributed by atoms with Crippen molar-refractivity contribution < 1.29 is 9.53 Å². The van der Waals surface area contributed by atoms with E-state index in [1.165, 1.54) is 0 Å². The topological polar surface area (TPSA) is 67.6 Å². The lowest BCUT2D eigenvalue weighted by molar-refractivity contribution is -0.121. The molecule has 1 aliphatic heterocycles. The maximum Gasteiger partial charge on any atom is 0.242 e. The van der Waals surface area contributed by atoms with Gasteiger partial charge in [0.05, 0.1) is 11.8 Å². The number of hydrogen-bond donors (Lipinski definition) is 2. The van der Waals surface area contributed by atoms with Crippen LogP contribution in [0, 0.1) is 0 Å². The Morgan fingerprint density at radius 1 is 1.50 bits per heavy atom. The second-order valence-electron chi connectivity index (χ2n) is 5.35. The van der Waals surface area contributed by atoms with Gasteiger partial charge < -0.3 is 20.7 Å². The number of nitrogens with two attached hydrogens (primary N) is 1. The summed E-state index contributed by atoms with van der Waals surface area (Å²) in [5, 5.41) is 2.73. The summed E-state index contributed by atoms with van der Waals surface area (Å²) < 4.78 is 5.72. The Morgan fingerprint density at radius 2 is 2.25 bits per heavy atom. The van der Waals surface area contributed by atoms with E-state index in [1.807, 2.05) is 32.0 Å². The molecule has 0 aromatic heterocycles. The molecule has 5 nitrogen and oxygen atoms in total. The van der Waals surface area contributed by atoms with Gasteiger partial charge in [0, 0.05) is 25.3 Å². The number of amides is 1. The van der Waals surface area contributed by atoms with Crippen molar-refractivity contribution in [2.24, 2.45) is 0 Å². The molecule has 0 bridgehead atoms. The quantitative estimate of drug-likeness (QED) is 0.823. The standard InChI is InChI=1S/C15H23N3O2/c1-10(2)20-14-9-11(6-7-12(14)16)18-8-4-5-13(18)15(19)17-3/h6-7,9-10,13H,4-5,8,16H2,1-3H3,(H,17,19). The van der Waals surface area contributed by atoms with Gasteiger partial charge in [0.15, 0.2) is 0 Å². The van der Waals surface area contributed by atoms with Gasteiger partial charge in [-0.05, 0) is 38.8 Å². The molecule has 1 aliphatic rings. The molecule has 5 heteroatoms. The number of likely N-dealkylation sites (N-methyl/N-ethyl adjacent to an activating group) is 1. The number of nitrogens with one attached hydrogen (secondary N) is 1. The molecule has 3 N–H and O–H groups in total. The number of carbonyl (C=O) groups is 1. The molecule has 1 atom stereocenters. The van der Waals surface area contributed by atoms with Crippen LogP contribution in [-0.4, -0.2) is 31.6 Å². The van der Waals surface area contributed by atoms with Crippen LogP contribution in [0.15, 0.2) is 18.2 Å². The van der Waals surface area contributed by atoms with Crippen molar-refractivity contribution in [2.45, 2.75) is 38.8 Å². The highest BCUT2D eigenvalue weighted by molar-refractivity contribution is 5.86. The van der Waals surface area contributed by atoms with Crippen LogP contribution >= 0.6 is 0 Å². The minimum Gasteiger partial charge on any atom is -0.489 e. The highest BCUT2D eigenvalue weighted by atomic mass is 16.5. The fourth-order valence-corrected chi connectivity index (χ4v) is 2.57. The SMILES string of the molecule is CNC(=O)C1CCCN1c1ccc(N)c(OC(C)C)c1. The van der Waals surface area contributed by atoms with Crippen LogP contribution in [0.4, 0.5) is 11.4 Å². The number of nitrogen functional groups attached to an aromatic ring is 1. The number of nitrogens with zero attached hydrogens (tertiary/aromatic N) is 1. The summed E-state index contributed by atoms with van der Waals surface area (Å²) in [4.78, 5) is 14.0. The highest BCUT2D eigenvalue weighted by Crippen LogP contribution is 2.32. The number of benzene rings is 1. The number of anilines is 2. The molecule has 0 radical (unpaired) electrons. The van der Waals surface area contributed by atoms with Gasteiger partial charge in [-0.1, -0.05) is 0 Å². The number of ether oxygens (including phenoxy) is 1. The summed E-state index contributed by atoms with van der Waals surface area (Å²) in [5.74, 6) is 0.741. The van der Waals surface area contributed by atoms with Crippen LogP contribution in [0.5, 0.6) is 5.75 Å². The molecule has 1 unspecified atom stereocenters. The monoisotopic (exact) mass is 277 g/mol. The van der Waals surface area contributed by atoms with Crippen molar-refractivity contribution >= 4 is 17.3 Å². The molecule has 110 valence electrons. The summed E-state index contributed by atoms with van der Waals surface area (Å²) in [6, 6.07) is 5.61. The Hall–Kier alpha value is -1.91. The first-order chi connectivity index (χ1) is 9.52. The Balaban J connectivity index is 2.25. The predicted molar refractivity (Wildman–Crippen MR) is 81.1 cm³/mol. The third-order valence-corrected chi connectivity index (χ3v) is 3.49. The van der Waals surface area contributed by atoms with E-state index in [1.54, 1.807) is 7.05 Å². The molecule has 1 heterocycles. The molecular formula is C15H23N3O2. The number of rotatable bonds is 4. The molecule has 1 saturated heterocycles. The number of carbonyl (C=O) groups excluding carboxylic acids is 1. The van der Waals surface area contributed by atoms with Crippen LogP contribution in [0.1, 0.15) is 26.7 Å². The highest BCUT2D eigenvalue weighted by Gasteiger charge is 2.30. The van der Waals surface area contributed by atoms with E-state index in [4.69, 9.17) is 10.5 Å². The predicted octanol–water partition coefficient (Wildman–Crippen LogP) is 1.77. The largest absolute Gasteiger partial charge is 0.489 e. The zero-order valence-corrected chi connectivity index (χ0v) is 12.3. The fraction of sp³-hybridized carbons (Fsp3) is 0.533. The van der Waals surface area contributed by atoms with Gasteiger partial charge >= 0.3 is 0 Å². The second kappa shape index (κ2) is 6.03. The fourth-order valence-electron chi connectivity index (χ4n) is 2.57. The van der Waals surface area contributed by atoms with Crippen molar-refractivity contribution in [3.8, 4) is 5.75 Å². The minimum absolute atomic E-state index is 0.0608. The Bertz CT molecular complexity index is 488. The summed E-state index contributed by atoms with van der Waals surface area (Å²) in [5.41, 5.74) is 7.54. The van der Waals surface area contributed by atoms with E-state index >= 15 is 0 Å². The average Bonchev–Trinajstić information content (AvgIpc) is 2.89. The maximum absolute atomic E-state index is 11.9. The first kappa shape index (κ1) is 14.5. The van der Waals surface area contributed by atoms with Gasteiger partial charge in [-0.15, -0.1) is 0 Å². The van der Waals surface area contributed by atoms with Gasteiger partial charge in [0.25, 0.3) is 0 Å². The zero-order chi connectivity index (χ0) is 14.7. The third kappa shape index (κ3) is 2.98. The van der Waals surface area contributed by atoms with Crippen molar-refractivity contribution in [1.29, 1.82) is 0 Å². The lowest BCUT2D eigenvalue weighted by atomic mass is 10.2. The van der Waals surface area contributed by atoms with Crippen molar-refractivity contribution in [1.82, 2.24) is 5.32 Å².